The Hall–Kier alpha value is -1.55. The van der Waals surface area contributed by atoms with Gasteiger partial charge in [0.25, 0.3) is 0 Å². The van der Waals surface area contributed by atoms with Crippen LogP contribution < -0.4 is 0 Å². The average molecular weight is 320 g/mol. The maximum Gasteiger partial charge on any atom is 0.222 e. The van der Waals surface area contributed by atoms with Crippen LogP contribution in [0, 0.1) is 5.92 Å². The maximum absolute atomic E-state index is 12.0. The Labute approximate surface area is 136 Å². The lowest BCUT2D eigenvalue weighted by Gasteiger charge is -2.32. The normalized spacial score (nSPS) is 16.3. The number of piperidine rings is 1. The molecule has 0 N–H and O–H groups in total. The molecule has 1 aliphatic rings. The van der Waals surface area contributed by atoms with Gasteiger partial charge >= 0.3 is 0 Å². The van der Waals surface area contributed by atoms with Crippen molar-refractivity contribution in [3.63, 3.8) is 0 Å². The second-order valence-electron chi connectivity index (χ2n) is 6.00. The number of amides is 1. The van der Waals surface area contributed by atoms with Crippen LogP contribution in [0.1, 0.15) is 25.7 Å². The number of nitrogens with zero attached hydrogens (tertiary/aromatic N) is 3. The lowest BCUT2D eigenvalue weighted by Crippen LogP contribution is -2.39. The van der Waals surface area contributed by atoms with Crippen molar-refractivity contribution in [3.8, 4) is 0 Å². The van der Waals surface area contributed by atoms with E-state index in [-0.39, 0.29) is 5.91 Å². The maximum atomic E-state index is 12.0. The van der Waals surface area contributed by atoms with Gasteiger partial charge in [0.15, 0.2) is 0 Å². The molecule has 0 bridgehead atoms. The van der Waals surface area contributed by atoms with Gasteiger partial charge in [0.2, 0.25) is 5.91 Å². The summed E-state index contributed by atoms with van der Waals surface area (Å²) >= 11 is 5.66. The number of hydrogen-bond donors (Lipinski definition) is 0. The molecular formula is C17H22ClN3O. The van der Waals surface area contributed by atoms with Gasteiger partial charge in [0.05, 0.1) is 17.4 Å². The first-order valence-electron chi connectivity index (χ1n) is 8.01. The van der Waals surface area contributed by atoms with E-state index in [9.17, 15) is 4.79 Å². The molecule has 118 valence electrons. The minimum absolute atomic E-state index is 0.257. The number of imidazole rings is 1. The van der Waals surface area contributed by atoms with Crippen molar-refractivity contribution in [1.29, 1.82) is 0 Å². The van der Waals surface area contributed by atoms with Gasteiger partial charge in [-0.2, -0.15) is 0 Å². The highest BCUT2D eigenvalue weighted by molar-refractivity contribution is 6.17. The van der Waals surface area contributed by atoms with Crippen molar-refractivity contribution >= 4 is 28.5 Å². The zero-order valence-electron chi connectivity index (χ0n) is 12.7. The predicted molar refractivity (Wildman–Crippen MR) is 89.0 cm³/mol. The molecule has 1 saturated heterocycles. The zero-order chi connectivity index (χ0) is 15.4. The minimum atomic E-state index is 0.257. The van der Waals surface area contributed by atoms with Crippen LogP contribution in [0.5, 0.6) is 0 Å². The molecule has 2 heterocycles. The number of fused-ring (bicyclic) bond motifs is 1. The SMILES string of the molecule is O=C(CCCCl)N1CCC(Cn2cnc3ccccc32)CC1. The van der Waals surface area contributed by atoms with Crippen LogP contribution in [-0.2, 0) is 11.3 Å². The van der Waals surface area contributed by atoms with Gasteiger partial charge < -0.3 is 9.47 Å². The summed E-state index contributed by atoms with van der Waals surface area (Å²) in [5, 5.41) is 0. The first kappa shape index (κ1) is 15.3. The van der Waals surface area contributed by atoms with Crippen LogP contribution in [0.15, 0.2) is 30.6 Å². The van der Waals surface area contributed by atoms with E-state index in [1.54, 1.807) is 0 Å². The second kappa shape index (κ2) is 7.14. The molecule has 2 aromatic rings. The molecule has 1 amide bonds. The molecule has 22 heavy (non-hydrogen) atoms. The first-order valence-corrected chi connectivity index (χ1v) is 8.55. The van der Waals surface area contributed by atoms with Crippen LogP contribution in [-0.4, -0.2) is 39.3 Å². The number of aromatic nitrogens is 2. The molecule has 0 atom stereocenters. The summed E-state index contributed by atoms with van der Waals surface area (Å²) in [7, 11) is 0. The fraction of sp³-hybridized carbons (Fsp3) is 0.529. The largest absolute Gasteiger partial charge is 0.343 e. The molecule has 0 unspecified atom stereocenters. The van der Waals surface area contributed by atoms with E-state index in [0.29, 0.717) is 18.2 Å². The number of carbonyl (C=O) groups excluding carboxylic acids is 1. The highest BCUT2D eigenvalue weighted by Crippen LogP contribution is 2.22. The summed E-state index contributed by atoms with van der Waals surface area (Å²) in [4.78, 5) is 18.4. The summed E-state index contributed by atoms with van der Waals surface area (Å²) in [6.07, 6.45) is 5.43. The zero-order valence-corrected chi connectivity index (χ0v) is 13.5. The summed E-state index contributed by atoms with van der Waals surface area (Å²) < 4.78 is 2.24. The van der Waals surface area contributed by atoms with E-state index in [4.69, 9.17) is 11.6 Å². The van der Waals surface area contributed by atoms with Crippen molar-refractivity contribution in [2.45, 2.75) is 32.2 Å². The Morgan fingerprint density at radius 1 is 1.27 bits per heavy atom. The highest BCUT2D eigenvalue weighted by atomic mass is 35.5. The van der Waals surface area contributed by atoms with E-state index >= 15 is 0 Å². The number of alkyl halides is 1. The molecule has 1 aromatic carbocycles. The molecule has 5 heteroatoms. The number of halogens is 1. The number of benzene rings is 1. The molecule has 0 saturated carbocycles. The molecule has 0 aliphatic carbocycles. The molecule has 0 radical (unpaired) electrons. The fourth-order valence-electron chi connectivity index (χ4n) is 3.18. The molecule has 1 aromatic heterocycles. The van der Waals surface area contributed by atoms with Gasteiger partial charge in [-0.3, -0.25) is 4.79 Å². The van der Waals surface area contributed by atoms with Gasteiger partial charge in [-0.25, -0.2) is 4.98 Å². The Morgan fingerprint density at radius 3 is 2.82 bits per heavy atom. The summed E-state index contributed by atoms with van der Waals surface area (Å²) in [5.41, 5.74) is 2.25. The lowest BCUT2D eigenvalue weighted by molar-refractivity contribution is -0.132. The van der Waals surface area contributed by atoms with E-state index < -0.39 is 0 Å². The Balaban J connectivity index is 1.55. The van der Waals surface area contributed by atoms with Crippen LogP contribution in [0.3, 0.4) is 0 Å². The van der Waals surface area contributed by atoms with Gasteiger partial charge in [-0.15, -0.1) is 11.6 Å². The third kappa shape index (κ3) is 3.43. The number of carbonyl (C=O) groups is 1. The first-order chi connectivity index (χ1) is 10.8. The van der Waals surface area contributed by atoms with Crippen molar-refractivity contribution < 1.29 is 4.79 Å². The van der Waals surface area contributed by atoms with Gasteiger partial charge in [-0.05, 0) is 37.3 Å². The summed E-state index contributed by atoms with van der Waals surface area (Å²) in [6.45, 7) is 2.74. The minimum Gasteiger partial charge on any atom is -0.343 e. The molecule has 1 fully saturated rings. The smallest absolute Gasteiger partial charge is 0.222 e. The molecule has 3 rings (SSSR count). The second-order valence-corrected chi connectivity index (χ2v) is 6.38. The lowest BCUT2D eigenvalue weighted by atomic mass is 9.96. The van der Waals surface area contributed by atoms with Crippen molar-refractivity contribution in [3.05, 3.63) is 30.6 Å². The molecular weight excluding hydrogens is 298 g/mol. The van der Waals surface area contributed by atoms with E-state index in [1.807, 2.05) is 23.4 Å². The van der Waals surface area contributed by atoms with E-state index in [0.717, 1.165) is 44.4 Å². The number of hydrogen-bond acceptors (Lipinski definition) is 2. The Kier molecular flexibility index (Phi) is 4.98. The highest BCUT2D eigenvalue weighted by Gasteiger charge is 2.22. The van der Waals surface area contributed by atoms with Crippen LogP contribution in [0.2, 0.25) is 0 Å². The Morgan fingerprint density at radius 2 is 2.05 bits per heavy atom. The van der Waals surface area contributed by atoms with Crippen LogP contribution in [0.25, 0.3) is 11.0 Å². The monoisotopic (exact) mass is 319 g/mol. The fourth-order valence-corrected chi connectivity index (χ4v) is 3.31. The van der Waals surface area contributed by atoms with Crippen LogP contribution in [0.4, 0.5) is 0 Å². The number of likely N-dealkylation sites (tertiary alicyclic amines) is 1. The quantitative estimate of drug-likeness (QED) is 0.793. The molecule has 1 aliphatic heterocycles. The molecule has 4 nitrogen and oxygen atoms in total. The van der Waals surface area contributed by atoms with Crippen molar-refractivity contribution in [1.82, 2.24) is 14.5 Å². The number of para-hydroxylation sites is 2. The van der Waals surface area contributed by atoms with E-state index in [1.165, 1.54) is 5.52 Å². The van der Waals surface area contributed by atoms with Crippen LogP contribution >= 0.6 is 11.6 Å². The summed E-state index contributed by atoms with van der Waals surface area (Å²) in [5.74, 6) is 1.44. The summed E-state index contributed by atoms with van der Waals surface area (Å²) in [6, 6.07) is 8.24. The number of rotatable bonds is 5. The predicted octanol–water partition coefficient (Wildman–Crippen LogP) is 3.29. The average Bonchev–Trinajstić information content (AvgIpc) is 2.96. The van der Waals surface area contributed by atoms with Gasteiger partial charge in [0.1, 0.15) is 0 Å². The molecule has 0 spiro atoms. The Bertz CT molecular complexity index is 632. The topological polar surface area (TPSA) is 38.1 Å². The van der Waals surface area contributed by atoms with Crippen molar-refractivity contribution in [2.75, 3.05) is 19.0 Å². The third-order valence-corrected chi connectivity index (χ3v) is 4.74. The standard InChI is InChI=1S/C17H22ClN3O/c18-9-3-6-17(22)20-10-7-14(8-11-20)12-21-13-19-15-4-1-2-5-16(15)21/h1-2,4-5,13-14H,3,6-12H2. The van der Waals surface area contributed by atoms with E-state index in [2.05, 4.69) is 21.7 Å². The van der Waals surface area contributed by atoms with Gasteiger partial charge in [-0.1, -0.05) is 12.1 Å². The van der Waals surface area contributed by atoms with Crippen molar-refractivity contribution in [2.24, 2.45) is 5.92 Å². The van der Waals surface area contributed by atoms with Gasteiger partial charge in [0, 0.05) is 31.9 Å². The third-order valence-electron chi connectivity index (χ3n) is 4.47.